The molecule has 0 fully saturated rings. The van der Waals surface area contributed by atoms with E-state index in [1.54, 1.807) is 29.0 Å². The molecule has 1 heterocycles. The fourth-order valence-corrected chi connectivity index (χ4v) is 4.23. The van der Waals surface area contributed by atoms with Gasteiger partial charge in [-0.2, -0.15) is 0 Å². The molecule has 0 aliphatic carbocycles. The monoisotopic (exact) mass is 464 g/mol. The zero-order valence-electron chi connectivity index (χ0n) is 20.5. The second kappa shape index (κ2) is 12.4. The van der Waals surface area contributed by atoms with Crippen LogP contribution in [0.5, 0.6) is 0 Å². The van der Waals surface area contributed by atoms with Crippen LogP contribution in [0.1, 0.15) is 46.6 Å². The van der Waals surface area contributed by atoms with Gasteiger partial charge in [0, 0.05) is 23.7 Å². The summed E-state index contributed by atoms with van der Waals surface area (Å²) in [6, 6.07) is 12.7. The zero-order chi connectivity index (χ0) is 24.4. The van der Waals surface area contributed by atoms with Crippen molar-refractivity contribution >= 4 is 34.4 Å². The number of nitrogens with one attached hydrogen (secondary N) is 1. The Labute approximate surface area is 203 Å². The van der Waals surface area contributed by atoms with Crippen LogP contribution < -0.4 is 4.72 Å². The molecule has 0 radical (unpaired) electrons. The highest BCUT2D eigenvalue weighted by molar-refractivity contribution is 7.97. The summed E-state index contributed by atoms with van der Waals surface area (Å²) < 4.78 is 8.84. The van der Waals surface area contributed by atoms with Crippen molar-refractivity contribution < 1.29 is 9.53 Å². The highest BCUT2D eigenvalue weighted by Gasteiger charge is 2.24. The summed E-state index contributed by atoms with van der Waals surface area (Å²) in [5, 5.41) is 2.40. The van der Waals surface area contributed by atoms with Gasteiger partial charge in [-0.3, -0.25) is 0 Å². The molecule has 176 valence electrons. The summed E-state index contributed by atoms with van der Waals surface area (Å²) >= 11 is 1.56. The predicted octanol–water partition coefficient (Wildman–Crippen LogP) is 7.74. The van der Waals surface area contributed by atoms with E-state index < -0.39 is 5.60 Å². The lowest BCUT2D eigenvalue weighted by molar-refractivity contribution is 0.0270. The van der Waals surface area contributed by atoms with Gasteiger partial charge in [0.25, 0.3) is 0 Å². The lowest BCUT2D eigenvalue weighted by Gasteiger charge is -2.30. The SMILES string of the molecule is C=C/C=C(\C=C)NSc1ccc(C2=CCN(C(=O)OC(C)(C)C)CC2)c2ccccc12.CC. The number of ether oxygens (including phenoxy) is 1. The molecule has 4 nitrogen and oxygen atoms in total. The fraction of sp³-hybridized carbons (Fsp3) is 0.321. The Bertz CT molecular complexity index is 1050. The maximum atomic E-state index is 12.4. The van der Waals surface area contributed by atoms with Crippen molar-refractivity contribution in [3.8, 4) is 0 Å². The Morgan fingerprint density at radius 3 is 2.39 bits per heavy atom. The van der Waals surface area contributed by atoms with Crippen LogP contribution in [-0.2, 0) is 4.74 Å². The smallest absolute Gasteiger partial charge is 0.410 e. The molecule has 1 amide bonds. The molecule has 0 bridgehead atoms. The standard InChI is InChI=1S/C26H30N2O2S.C2H6/c1-6-10-20(7-2)27-31-24-14-13-21(22-11-8-9-12-23(22)24)19-15-17-28(18-16-19)25(29)30-26(3,4)5;1-2/h6-15,27H,1-2,16-18H2,3-5H3;1-2H3/b20-10+;. The lowest BCUT2D eigenvalue weighted by atomic mass is 9.94. The minimum atomic E-state index is -0.481. The van der Waals surface area contributed by atoms with Gasteiger partial charge in [0.2, 0.25) is 0 Å². The molecule has 3 rings (SSSR count). The molecular formula is C28H36N2O2S. The van der Waals surface area contributed by atoms with Gasteiger partial charge in [-0.15, -0.1) is 0 Å². The summed E-state index contributed by atoms with van der Waals surface area (Å²) in [4.78, 5) is 15.3. The Balaban J connectivity index is 0.00000187. The third kappa shape index (κ3) is 7.29. The van der Waals surface area contributed by atoms with Gasteiger partial charge in [0.1, 0.15) is 5.60 Å². The number of rotatable bonds is 6. The van der Waals surface area contributed by atoms with Crippen LogP contribution in [0.4, 0.5) is 4.79 Å². The molecule has 33 heavy (non-hydrogen) atoms. The van der Waals surface area contributed by atoms with Crippen LogP contribution in [0.3, 0.4) is 0 Å². The maximum Gasteiger partial charge on any atom is 0.410 e. The Kier molecular flexibility index (Phi) is 9.86. The van der Waals surface area contributed by atoms with Crippen LogP contribution in [0.25, 0.3) is 16.3 Å². The van der Waals surface area contributed by atoms with Gasteiger partial charge < -0.3 is 14.4 Å². The van der Waals surface area contributed by atoms with E-state index >= 15 is 0 Å². The molecule has 0 spiro atoms. The predicted molar refractivity (Wildman–Crippen MR) is 143 cm³/mol. The average molecular weight is 465 g/mol. The molecule has 0 unspecified atom stereocenters. The second-order valence-corrected chi connectivity index (χ2v) is 9.18. The van der Waals surface area contributed by atoms with Gasteiger partial charge in [-0.05, 0) is 79.3 Å². The minimum absolute atomic E-state index is 0.254. The first-order valence-corrected chi connectivity index (χ1v) is 12.2. The number of carbonyl (C=O) groups excluding carboxylic acids is 1. The Morgan fingerprint density at radius 1 is 1.12 bits per heavy atom. The first-order chi connectivity index (χ1) is 15.8. The normalized spacial score (nSPS) is 14.0. The summed E-state index contributed by atoms with van der Waals surface area (Å²) in [6.07, 6.45) is 8.09. The largest absolute Gasteiger partial charge is 0.444 e. The van der Waals surface area contributed by atoms with Crippen molar-refractivity contribution in [3.63, 3.8) is 0 Å². The van der Waals surface area contributed by atoms with E-state index in [9.17, 15) is 4.79 Å². The number of benzene rings is 2. The van der Waals surface area contributed by atoms with Crippen LogP contribution >= 0.6 is 11.9 Å². The van der Waals surface area contributed by atoms with Crippen molar-refractivity contribution in [1.29, 1.82) is 0 Å². The second-order valence-electron chi connectivity index (χ2n) is 8.33. The Hall–Kier alpha value is -2.92. The summed E-state index contributed by atoms with van der Waals surface area (Å²) in [6.45, 7) is 18.5. The van der Waals surface area contributed by atoms with E-state index in [4.69, 9.17) is 4.74 Å². The van der Waals surface area contributed by atoms with Crippen molar-refractivity contribution in [2.75, 3.05) is 13.1 Å². The lowest BCUT2D eigenvalue weighted by Crippen LogP contribution is -2.39. The molecule has 1 aliphatic rings. The molecule has 1 N–H and O–H groups in total. The Morgan fingerprint density at radius 2 is 1.82 bits per heavy atom. The van der Waals surface area contributed by atoms with Crippen LogP contribution in [-0.4, -0.2) is 29.7 Å². The van der Waals surface area contributed by atoms with Gasteiger partial charge >= 0.3 is 6.09 Å². The van der Waals surface area contributed by atoms with Crippen molar-refractivity contribution in [2.45, 2.75) is 51.5 Å². The maximum absolute atomic E-state index is 12.4. The van der Waals surface area contributed by atoms with Gasteiger partial charge in [0.15, 0.2) is 0 Å². The van der Waals surface area contributed by atoms with Crippen LogP contribution in [0.2, 0.25) is 0 Å². The quantitative estimate of drug-likeness (QED) is 0.351. The first-order valence-electron chi connectivity index (χ1n) is 11.4. The molecular weight excluding hydrogens is 428 g/mol. The molecule has 5 heteroatoms. The third-order valence-electron chi connectivity index (χ3n) is 4.89. The molecule has 0 atom stereocenters. The number of hydrogen-bond acceptors (Lipinski definition) is 4. The van der Waals surface area contributed by atoms with E-state index in [0.717, 1.165) is 17.0 Å². The molecule has 0 saturated heterocycles. The van der Waals surface area contributed by atoms with E-state index in [-0.39, 0.29) is 6.09 Å². The summed E-state index contributed by atoms with van der Waals surface area (Å²) in [5.41, 5.74) is 2.91. The molecule has 2 aromatic rings. The fourth-order valence-electron chi connectivity index (χ4n) is 3.43. The topological polar surface area (TPSA) is 41.6 Å². The first kappa shape index (κ1) is 26.3. The van der Waals surface area contributed by atoms with E-state index in [1.807, 2.05) is 40.7 Å². The van der Waals surface area contributed by atoms with Crippen molar-refractivity contribution in [1.82, 2.24) is 9.62 Å². The highest BCUT2D eigenvalue weighted by Crippen LogP contribution is 2.34. The number of hydrogen-bond donors (Lipinski definition) is 1. The summed E-state index contributed by atoms with van der Waals surface area (Å²) in [5.74, 6) is 0. The molecule has 0 saturated carbocycles. The van der Waals surface area contributed by atoms with Crippen LogP contribution in [0.15, 0.2) is 84.5 Å². The average Bonchev–Trinajstić information content (AvgIpc) is 2.82. The van der Waals surface area contributed by atoms with Gasteiger partial charge in [0.05, 0.1) is 0 Å². The molecule has 2 aromatic carbocycles. The van der Waals surface area contributed by atoms with Crippen LogP contribution in [0, 0.1) is 0 Å². The van der Waals surface area contributed by atoms with Gasteiger partial charge in [-0.25, -0.2) is 4.79 Å². The van der Waals surface area contributed by atoms with Crippen molar-refractivity contribution in [2.24, 2.45) is 0 Å². The van der Waals surface area contributed by atoms with E-state index in [1.165, 1.54) is 21.9 Å². The zero-order valence-corrected chi connectivity index (χ0v) is 21.3. The number of fused-ring (bicyclic) bond motifs is 1. The minimum Gasteiger partial charge on any atom is -0.444 e. The third-order valence-corrected chi connectivity index (χ3v) is 5.80. The number of carbonyl (C=O) groups is 1. The molecule has 0 aromatic heterocycles. The van der Waals surface area contributed by atoms with Gasteiger partial charge in [-0.1, -0.05) is 69.5 Å². The van der Waals surface area contributed by atoms with Crippen molar-refractivity contribution in [3.05, 3.63) is 85.1 Å². The van der Waals surface area contributed by atoms with E-state index in [0.29, 0.717) is 13.1 Å². The van der Waals surface area contributed by atoms with E-state index in [2.05, 4.69) is 60.4 Å². The summed E-state index contributed by atoms with van der Waals surface area (Å²) in [7, 11) is 0. The molecule has 1 aliphatic heterocycles. The number of amides is 1. The highest BCUT2D eigenvalue weighted by atomic mass is 32.2. The number of allylic oxidation sites excluding steroid dienone is 3. The number of nitrogens with zero attached hydrogens (tertiary/aromatic N) is 1.